The lowest BCUT2D eigenvalue weighted by atomic mass is 9.96. The highest BCUT2D eigenvalue weighted by molar-refractivity contribution is 5.94. The Balaban J connectivity index is 1.82. The first-order valence-electron chi connectivity index (χ1n) is 6.19. The minimum Gasteiger partial charge on any atom is -0.397 e. The Morgan fingerprint density at radius 3 is 3.00 bits per heavy atom. The Bertz CT molecular complexity index is 600. The van der Waals surface area contributed by atoms with Crippen LogP contribution in [0.1, 0.15) is 13.3 Å². The lowest BCUT2D eigenvalue weighted by molar-refractivity contribution is -0.0175. The SMILES string of the molecule is CC1OCCC1(O)CNc1ccc(N)c2nonc12. The molecule has 1 aliphatic rings. The molecule has 1 aliphatic heterocycles. The number of hydrogen-bond acceptors (Lipinski definition) is 7. The van der Waals surface area contributed by atoms with Crippen molar-refractivity contribution in [1.29, 1.82) is 0 Å². The molecule has 2 unspecified atom stereocenters. The van der Waals surface area contributed by atoms with Crippen molar-refractivity contribution >= 4 is 22.4 Å². The van der Waals surface area contributed by atoms with Gasteiger partial charge in [-0.05, 0) is 29.4 Å². The van der Waals surface area contributed by atoms with Crippen LogP contribution >= 0.6 is 0 Å². The van der Waals surface area contributed by atoms with Gasteiger partial charge in [-0.1, -0.05) is 0 Å². The highest BCUT2D eigenvalue weighted by Crippen LogP contribution is 2.29. The molecule has 2 heterocycles. The first-order chi connectivity index (χ1) is 9.10. The molecule has 1 aromatic carbocycles. The molecule has 0 amide bonds. The number of hydrogen-bond donors (Lipinski definition) is 3. The highest BCUT2D eigenvalue weighted by atomic mass is 16.6. The standard InChI is InChI=1S/C12H16N4O3/c1-7-12(17,4-5-18-7)6-14-9-3-2-8(13)10-11(9)16-19-15-10/h2-3,7,14,17H,4-6,13H2,1H3. The van der Waals surface area contributed by atoms with E-state index >= 15 is 0 Å². The van der Waals surface area contributed by atoms with Gasteiger partial charge in [0.1, 0.15) is 5.60 Å². The lowest BCUT2D eigenvalue weighted by Crippen LogP contribution is -2.43. The quantitative estimate of drug-likeness (QED) is 0.702. The van der Waals surface area contributed by atoms with Crippen molar-refractivity contribution in [3.8, 4) is 0 Å². The fourth-order valence-corrected chi connectivity index (χ4v) is 2.28. The van der Waals surface area contributed by atoms with Gasteiger partial charge in [0.25, 0.3) is 0 Å². The van der Waals surface area contributed by atoms with E-state index < -0.39 is 5.60 Å². The number of nitrogens with one attached hydrogen (secondary N) is 1. The second-order valence-electron chi connectivity index (χ2n) is 4.88. The second kappa shape index (κ2) is 4.36. The molecule has 0 radical (unpaired) electrons. The zero-order valence-corrected chi connectivity index (χ0v) is 10.6. The molecule has 19 heavy (non-hydrogen) atoms. The fourth-order valence-electron chi connectivity index (χ4n) is 2.28. The Labute approximate surface area is 109 Å². The molecule has 0 saturated carbocycles. The minimum absolute atomic E-state index is 0.195. The van der Waals surface area contributed by atoms with Gasteiger partial charge < -0.3 is 20.9 Å². The van der Waals surface area contributed by atoms with Crippen LogP contribution in [0.2, 0.25) is 0 Å². The maximum atomic E-state index is 10.4. The van der Waals surface area contributed by atoms with Gasteiger partial charge in [0, 0.05) is 19.6 Å². The van der Waals surface area contributed by atoms with Crippen LogP contribution in [0.5, 0.6) is 0 Å². The monoisotopic (exact) mass is 264 g/mol. The predicted molar refractivity (Wildman–Crippen MR) is 69.7 cm³/mol. The van der Waals surface area contributed by atoms with Gasteiger partial charge in [-0.2, -0.15) is 0 Å². The summed E-state index contributed by atoms with van der Waals surface area (Å²) in [6, 6.07) is 3.53. The number of benzene rings is 1. The van der Waals surface area contributed by atoms with Crippen LogP contribution in [0.15, 0.2) is 16.8 Å². The zero-order chi connectivity index (χ0) is 13.5. The topological polar surface area (TPSA) is 106 Å². The smallest absolute Gasteiger partial charge is 0.160 e. The normalized spacial score (nSPS) is 26.9. The van der Waals surface area contributed by atoms with Gasteiger partial charge in [0.05, 0.1) is 17.5 Å². The summed E-state index contributed by atoms with van der Waals surface area (Å²) in [5.74, 6) is 0. The van der Waals surface area contributed by atoms with Crippen molar-refractivity contribution in [2.75, 3.05) is 24.2 Å². The van der Waals surface area contributed by atoms with E-state index in [2.05, 4.69) is 15.6 Å². The maximum absolute atomic E-state index is 10.4. The van der Waals surface area contributed by atoms with E-state index in [4.69, 9.17) is 15.1 Å². The third-order valence-corrected chi connectivity index (χ3v) is 3.69. The van der Waals surface area contributed by atoms with Gasteiger partial charge in [-0.15, -0.1) is 0 Å². The molecule has 1 aromatic heterocycles. The molecule has 0 aliphatic carbocycles. The third kappa shape index (κ3) is 2.00. The third-order valence-electron chi connectivity index (χ3n) is 3.69. The Morgan fingerprint density at radius 2 is 2.26 bits per heavy atom. The van der Waals surface area contributed by atoms with Crippen LogP contribution in [0, 0.1) is 0 Å². The summed E-state index contributed by atoms with van der Waals surface area (Å²) in [6.07, 6.45) is 0.413. The highest BCUT2D eigenvalue weighted by Gasteiger charge is 2.39. The van der Waals surface area contributed by atoms with Crippen LogP contribution in [0.4, 0.5) is 11.4 Å². The first-order valence-corrected chi connectivity index (χ1v) is 6.19. The molecule has 1 fully saturated rings. The van der Waals surface area contributed by atoms with Gasteiger partial charge >= 0.3 is 0 Å². The van der Waals surface area contributed by atoms with Gasteiger partial charge in [-0.3, -0.25) is 0 Å². The first kappa shape index (κ1) is 12.2. The molecular formula is C12H16N4O3. The lowest BCUT2D eigenvalue weighted by Gasteiger charge is -2.26. The average molecular weight is 264 g/mol. The Morgan fingerprint density at radius 1 is 1.47 bits per heavy atom. The molecule has 1 saturated heterocycles. The van der Waals surface area contributed by atoms with Crippen LogP contribution in [0.3, 0.4) is 0 Å². The summed E-state index contributed by atoms with van der Waals surface area (Å²) < 4.78 is 10.1. The van der Waals surface area contributed by atoms with Gasteiger partial charge in [0.15, 0.2) is 11.0 Å². The van der Waals surface area contributed by atoms with Crippen molar-refractivity contribution < 1.29 is 14.5 Å². The van der Waals surface area contributed by atoms with E-state index in [1.165, 1.54) is 0 Å². The van der Waals surface area contributed by atoms with Crippen molar-refractivity contribution in [1.82, 2.24) is 10.3 Å². The Kier molecular flexibility index (Phi) is 2.79. The van der Waals surface area contributed by atoms with E-state index in [9.17, 15) is 5.11 Å². The second-order valence-corrected chi connectivity index (χ2v) is 4.88. The van der Waals surface area contributed by atoms with Crippen LogP contribution < -0.4 is 11.1 Å². The largest absolute Gasteiger partial charge is 0.397 e. The Hall–Kier alpha value is -1.86. The number of anilines is 2. The molecule has 102 valence electrons. The molecule has 7 heteroatoms. The number of nitrogen functional groups attached to an aromatic ring is 1. The molecule has 0 spiro atoms. The van der Waals surface area contributed by atoms with E-state index in [1.807, 2.05) is 6.92 Å². The molecule has 7 nitrogen and oxygen atoms in total. The summed E-state index contributed by atoms with van der Waals surface area (Å²) in [6.45, 7) is 2.81. The van der Waals surface area contributed by atoms with Gasteiger partial charge in [-0.25, -0.2) is 4.63 Å². The van der Waals surface area contributed by atoms with Crippen LogP contribution in [-0.4, -0.2) is 40.3 Å². The van der Waals surface area contributed by atoms with E-state index in [0.717, 1.165) is 5.69 Å². The zero-order valence-electron chi connectivity index (χ0n) is 10.6. The van der Waals surface area contributed by atoms with E-state index in [1.54, 1.807) is 12.1 Å². The molecule has 2 aromatic rings. The number of ether oxygens (including phenoxy) is 1. The summed E-state index contributed by atoms with van der Waals surface area (Å²) in [5.41, 5.74) is 7.24. The number of fused-ring (bicyclic) bond motifs is 1. The van der Waals surface area contributed by atoms with Gasteiger partial charge in [0.2, 0.25) is 0 Å². The fraction of sp³-hybridized carbons (Fsp3) is 0.500. The molecule has 2 atom stereocenters. The van der Waals surface area contributed by atoms with Crippen molar-refractivity contribution in [2.45, 2.75) is 25.0 Å². The van der Waals surface area contributed by atoms with E-state index in [0.29, 0.717) is 36.3 Å². The number of aromatic nitrogens is 2. The van der Waals surface area contributed by atoms with E-state index in [-0.39, 0.29) is 6.10 Å². The number of rotatable bonds is 3. The number of nitrogens with two attached hydrogens (primary N) is 1. The molecule has 4 N–H and O–H groups in total. The van der Waals surface area contributed by atoms with Crippen molar-refractivity contribution in [3.05, 3.63) is 12.1 Å². The summed E-state index contributed by atoms with van der Waals surface area (Å²) >= 11 is 0. The van der Waals surface area contributed by atoms with Crippen LogP contribution in [0.25, 0.3) is 11.0 Å². The summed E-state index contributed by atoms with van der Waals surface area (Å²) in [4.78, 5) is 0. The predicted octanol–water partition coefficient (Wildman–Crippen LogP) is 0.757. The average Bonchev–Trinajstić information content (AvgIpc) is 2.98. The molecule has 3 rings (SSSR count). The molecular weight excluding hydrogens is 248 g/mol. The van der Waals surface area contributed by atoms with Crippen molar-refractivity contribution in [2.24, 2.45) is 0 Å². The summed E-state index contributed by atoms with van der Waals surface area (Å²) in [5, 5.41) is 21.2. The number of aliphatic hydroxyl groups is 1. The minimum atomic E-state index is -0.870. The molecule has 0 bridgehead atoms. The van der Waals surface area contributed by atoms with Crippen molar-refractivity contribution in [3.63, 3.8) is 0 Å². The summed E-state index contributed by atoms with van der Waals surface area (Å²) in [7, 11) is 0. The number of nitrogens with zero attached hydrogens (tertiary/aromatic N) is 2. The maximum Gasteiger partial charge on any atom is 0.160 e. The van der Waals surface area contributed by atoms with Crippen LogP contribution in [-0.2, 0) is 4.74 Å².